The first-order valence-electron chi connectivity index (χ1n) is 5.93. The fourth-order valence-electron chi connectivity index (χ4n) is 1.86. The van der Waals surface area contributed by atoms with Crippen molar-refractivity contribution in [2.24, 2.45) is 5.92 Å². The van der Waals surface area contributed by atoms with Crippen LogP contribution in [-0.4, -0.2) is 32.8 Å². The van der Waals surface area contributed by atoms with Crippen LogP contribution in [0.2, 0.25) is 0 Å². The van der Waals surface area contributed by atoms with E-state index in [9.17, 15) is 13.2 Å². The van der Waals surface area contributed by atoms with Gasteiger partial charge in [-0.2, -0.15) is 0 Å². The minimum absolute atomic E-state index is 0.00901. The molecule has 0 aromatic heterocycles. The van der Waals surface area contributed by atoms with Crippen molar-refractivity contribution in [2.75, 3.05) is 13.6 Å². The third-order valence-electron chi connectivity index (χ3n) is 2.70. The summed E-state index contributed by atoms with van der Waals surface area (Å²) in [5, 5.41) is 0. The normalized spacial score (nSPS) is 11.7. The highest BCUT2D eigenvalue weighted by molar-refractivity contribution is 8.13. The zero-order chi connectivity index (χ0) is 14.8. The van der Waals surface area contributed by atoms with Gasteiger partial charge in [-0.25, -0.2) is 8.42 Å². The van der Waals surface area contributed by atoms with Gasteiger partial charge < -0.3 is 4.90 Å². The summed E-state index contributed by atoms with van der Waals surface area (Å²) in [6.07, 6.45) is 0. The van der Waals surface area contributed by atoms with Gasteiger partial charge in [0.1, 0.15) is 0 Å². The molecule has 0 aliphatic rings. The molecule has 1 aromatic carbocycles. The van der Waals surface area contributed by atoms with Crippen LogP contribution in [0.1, 0.15) is 29.8 Å². The number of hydrogen-bond acceptors (Lipinski definition) is 3. The fraction of sp³-hybridized carbons (Fsp3) is 0.462. The smallest absolute Gasteiger partial charge is 0.261 e. The summed E-state index contributed by atoms with van der Waals surface area (Å²) in [6.45, 7) is 6.40. The Kier molecular flexibility index (Phi) is 4.98. The van der Waals surface area contributed by atoms with E-state index in [-0.39, 0.29) is 10.8 Å². The molecule has 0 aliphatic carbocycles. The van der Waals surface area contributed by atoms with Crippen molar-refractivity contribution < 1.29 is 13.2 Å². The number of carbonyl (C=O) groups excluding carboxylic acids is 1. The maximum absolute atomic E-state index is 12.2. The highest BCUT2D eigenvalue weighted by Crippen LogP contribution is 2.20. The Hall–Kier alpha value is -1.07. The summed E-state index contributed by atoms with van der Waals surface area (Å²) >= 11 is 0. The van der Waals surface area contributed by atoms with E-state index in [1.807, 2.05) is 13.8 Å². The second-order valence-electron chi connectivity index (χ2n) is 4.99. The monoisotopic (exact) mass is 303 g/mol. The lowest BCUT2D eigenvalue weighted by Gasteiger charge is -2.20. The molecule has 0 radical (unpaired) electrons. The Morgan fingerprint density at radius 2 is 1.95 bits per heavy atom. The van der Waals surface area contributed by atoms with Crippen molar-refractivity contribution in [3.63, 3.8) is 0 Å². The Bertz CT molecular complexity index is 582. The predicted octanol–water partition coefficient (Wildman–Crippen LogP) is 2.65. The summed E-state index contributed by atoms with van der Waals surface area (Å²) in [6, 6.07) is 4.27. The Morgan fingerprint density at radius 3 is 2.37 bits per heavy atom. The number of benzene rings is 1. The van der Waals surface area contributed by atoms with Crippen LogP contribution < -0.4 is 0 Å². The van der Waals surface area contributed by atoms with E-state index in [2.05, 4.69) is 0 Å². The molecular formula is C13H18ClNO3S. The molecule has 106 valence electrons. The molecule has 0 saturated carbocycles. The largest absolute Gasteiger partial charge is 0.341 e. The van der Waals surface area contributed by atoms with Gasteiger partial charge in [0.2, 0.25) is 0 Å². The molecule has 6 heteroatoms. The summed E-state index contributed by atoms with van der Waals surface area (Å²) in [7, 11) is 3.24. The van der Waals surface area contributed by atoms with Gasteiger partial charge in [0.15, 0.2) is 0 Å². The predicted molar refractivity (Wildman–Crippen MR) is 76.0 cm³/mol. The van der Waals surface area contributed by atoms with Gasteiger partial charge in [0.05, 0.1) is 4.90 Å². The number of hydrogen-bond donors (Lipinski definition) is 0. The van der Waals surface area contributed by atoms with Crippen LogP contribution in [0.25, 0.3) is 0 Å². The maximum atomic E-state index is 12.2. The van der Waals surface area contributed by atoms with E-state index in [4.69, 9.17) is 10.7 Å². The van der Waals surface area contributed by atoms with Crippen molar-refractivity contribution >= 4 is 25.6 Å². The van der Waals surface area contributed by atoms with Crippen molar-refractivity contribution in [1.29, 1.82) is 0 Å². The lowest BCUT2D eigenvalue weighted by molar-refractivity contribution is 0.0778. The fourth-order valence-corrected chi connectivity index (χ4v) is 2.70. The van der Waals surface area contributed by atoms with Crippen molar-refractivity contribution in [3.05, 3.63) is 29.3 Å². The van der Waals surface area contributed by atoms with Crippen molar-refractivity contribution in [1.82, 2.24) is 4.90 Å². The topological polar surface area (TPSA) is 54.5 Å². The number of amides is 1. The van der Waals surface area contributed by atoms with Crippen LogP contribution in [0.3, 0.4) is 0 Å². The Morgan fingerprint density at radius 1 is 1.37 bits per heavy atom. The van der Waals surface area contributed by atoms with Crippen LogP contribution in [0.5, 0.6) is 0 Å². The first-order valence-corrected chi connectivity index (χ1v) is 8.24. The van der Waals surface area contributed by atoms with E-state index in [0.717, 1.165) is 0 Å². The molecule has 1 amide bonds. The number of rotatable bonds is 4. The summed E-state index contributed by atoms with van der Waals surface area (Å²) < 4.78 is 22.4. The van der Waals surface area contributed by atoms with Gasteiger partial charge in [-0.1, -0.05) is 13.8 Å². The molecule has 0 bridgehead atoms. The SMILES string of the molecule is Cc1cc(S(=O)(=O)Cl)ccc1C(=O)N(C)CC(C)C. The molecule has 19 heavy (non-hydrogen) atoms. The third kappa shape index (κ3) is 4.21. The molecule has 0 heterocycles. The Labute approximate surface area is 118 Å². The number of halogens is 1. The third-order valence-corrected chi connectivity index (χ3v) is 4.05. The van der Waals surface area contributed by atoms with Gasteiger partial charge >= 0.3 is 0 Å². The second kappa shape index (κ2) is 5.92. The zero-order valence-electron chi connectivity index (χ0n) is 11.5. The van der Waals surface area contributed by atoms with E-state index in [0.29, 0.717) is 23.6 Å². The zero-order valence-corrected chi connectivity index (χ0v) is 13.0. The lowest BCUT2D eigenvalue weighted by Crippen LogP contribution is -2.30. The highest BCUT2D eigenvalue weighted by atomic mass is 35.7. The molecular weight excluding hydrogens is 286 g/mol. The molecule has 0 atom stereocenters. The average molecular weight is 304 g/mol. The van der Waals surface area contributed by atoms with Crippen LogP contribution >= 0.6 is 10.7 Å². The second-order valence-corrected chi connectivity index (χ2v) is 7.56. The quantitative estimate of drug-likeness (QED) is 0.804. The number of aryl methyl sites for hydroxylation is 1. The standard InChI is InChI=1S/C13H18ClNO3S/c1-9(2)8-15(4)13(16)12-6-5-11(7-10(12)3)19(14,17)18/h5-7,9H,8H2,1-4H3. The van der Waals surface area contributed by atoms with Gasteiger partial charge in [-0.05, 0) is 36.6 Å². The highest BCUT2D eigenvalue weighted by Gasteiger charge is 2.17. The van der Waals surface area contributed by atoms with E-state index < -0.39 is 9.05 Å². The molecule has 0 spiro atoms. The van der Waals surface area contributed by atoms with Crippen LogP contribution in [0.15, 0.2) is 23.1 Å². The van der Waals surface area contributed by atoms with E-state index in [1.54, 1.807) is 18.9 Å². The molecule has 0 aliphatic heterocycles. The van der Waals surface area contributed by atoms with Crippen LogP contribution in [-0.2, 0) is 9.05 Å². The van der Waals surface area contributed by atoms with Crippen LogP contribution in [0, 0.1) is 12.8 Å². The summed E-state index contributed by atoms with van der Waals surface area (Å²) in [5.74, 6) is 0.251. The van der Waals surface area contributed by atoms with Gasteiger partial charge in [-0.15, -0.1) is 0 Å². The van der Waals surface area contributed by atoms with Gasteiger partial charge in [0, 0.05) is 29.8 Å². The first-order chi connectivity index (χ1) is 8.62. The average Bonchev–Trinajstić information content (AvgIpc) is 2.25. The Balaban J connectivity index is 3.07. The molecule has 0 unspecified atom stereocenters. The lowest BCUT2D eigenvalue weighted by atomic mass is 10.1. The summed E-state index contributed by atoms with van der Waals surface area (Å²) in [4.78, 5) is 13.8. The molecule has 1 rings (SSSR count). The minimum atomic E-state index is -3.76. The molecule has 0 saturated heterocycles. The summed E-state index contributed by atoms with van der Waals surface area (Å²) in [5.41, 5.74) is 1.09. The molecule has 4 nitrogen and oxygen atoms in total. The maximum Gasteiger partial charge on any atom is 0.261 e. The first kappa shape index (κ1) is 16.0. The van der Waals surface area contributed by atoms with Gasteiger partial charge in [0.25, 0.3) is 15.0 Å². The van der Waals surface area contributed by atoms with Crippen molar-refractivity contribution in [3.8, 4) is 0 Å². The number of nitrogens with zero attached hydrogens (tertiary/aromatic N) is 1. The van der Waals surface area contributed by atoms with Gasteiger partial charge in [-0.3, -0.25) is 4.79 Å². The minimum Gasteiger partial charge on any atom is -0.341 e. The molecule has 0 fully saturated rings. The molecule has 1 aromatic rings. The van der Waals surface area contributed by atoms with Crippen LogP contribution in [0.4, 0.5) is 0 Å². The van der Waals surface area contributed by atoms with E-state index in [1.165, 1.54) is 18.2 Å². The molecule has 0 N–H and O–H groups in total. The van der Waals surface area contributed by atoms with E-state index >= 15 is 0 Å². The number of carbonyl (C=O) groups is 1. The van der Waals surface area contributed by atoms with Crippen molar-refractivity contribution in [2.45, 2.75) is 25.7 Å².